The van der Waals surface area contributed by atoms with Crippen molar-refractivity contribution >= 4 is 28.5 Å². The van der Waals surface area contributed by atoms with Crippen molar-refractivity contribution < 1.29 is 8.78 Å². The second-order valence-electron chi connectivity index (χ2n) is 7.94. The van der Waals surface area contributed by atoms with Crippen LogP contribution in [-0.4, -0.2) is 52.7 Å². The first-order valence-corrected chi connectivity index (χ1v) is 10.1. The van der Waals surface area contributed by atoms with Crippen LogP contribution >= 0.6 is 0 Å². The summed E-state index contributed by atoms with van der Waals surface area (Å²) in [4.78, 5) is 10.4. The molecule has 1 fully saturated rings. The number of aryl methyl sites for hydroxylation is 1. The van der Waals surface area contributed by atoms with E-state index in [0.29, 0.717) is 23.6 Å². The van der Waals surface area contributed by atoms with Crippen molar-refractivity contribution in [3.8, 4) is 0 Å². The molecule has 8 nitrogen and oxygen atoms in total. The van der Waals surface area contributed by atoms with E-state index in [4.69, 9.17) is 5.73 Å². The highest BCUT2D eigenvalue weighted by atomic mass is 19.1. The second-order valence-corrected chi connectivity index (χ2v) is 7.94. The van der Waals surface area contributed by atoms with Crippen LogP contribution in [0.2, 0.25) is 0 Å². The Morgan fingerprint density at radius 2 is 1.90 bits per heavy atom. The minimum Gasteiger partial charge on any atom is -0.387 e. The maximum absolute atomic E-state index is 15.2. The lowest BCUT2D eigenvalue weighted by Gasteiger charge is -2.38. The summed E-state index contributed by atoms with van der Waals surface area (Å²) in [5.41, 5.74) is 7.88. The van der Waals surface area contributed by atoms with Gasteiger partial charge in [-0.25, -0.2) is 23.3 Å². The molecule has 0 amide bonds. The Morgan fingerprint density at radius 1 is 1.19 bits per heavy atom. The number of nitrogens with two attached hydrogens (primary N) is 1. The summed E-state index contributed by atoms with van der Waals surface area (Å²) in [6.45, 7) is 7.41. The number of anilines is 2. The van der Waals surface area contributed by atoms with Gasteiger partial charge in [-0.05, 0) is 32.9 Å². The Bertz CT molecular complexity index is 1150. The molecule has 1 aliphatic rings. The third-order valence-electron chi connectivity index (χ3n) is 5.25. The van der Waals surface area contributed by atoms with Crippen LogP contribution in [0.15, 0.2) is 29.4 Å². The molecule has 2 unspecified atom stereocenters. The molecule has 0 spiro atoms. The first-order chi connectivity index (χ1) is 14.7. The monoisotopic (exact) mass is 428 g/mol. The number of amidine groups is 1. The number of hydrogen-bond acceptors (Lipinski definition) is 6. The topological polar surface area (TPSA) is 95.9 Å². The Morgan fingerprint density at radius 3 is 2.58 bits per heavy atom. The van der Waals surface area contributed by atoms with Gasteiger partial charge in [0.15, 0.2) is 11.5 Å². The smallest absolute Gasteiger partial charge is 0.191 e. The maximum atomic E-state index is 15.2. The molecule has 0 radical (unpaired) electrons. The molecule has 4 N–H and O–H groups in total. The molecule has 164 valence electrons. The van der Waals surface area contributed by atoms with Gasteiger partial charge in [0.25, 0.3) is 0 Å². The van der Waals surface area contributed by atoms with Gasteiger partial charge in [0.05, 0.1) is 17.4 Å². The van der Waals surface area contributed by atoms with Gasteiger partial charge in [0.1, 0.15) is 17.5 Å². The van der Waals surface area contributed by atoms with E-state index in [1.54, 1.807) is 14.0 Å². The third-order valence-corrected chi connectivity index (χ3v) is 5.25. The molecule has 2 atom stereocenters. The van der Waals surface area contributed by atoms with E-state index in [9.17, 15) is 4.39 Å². The average molecular weight is 428 g/mol. The van der Waals surface area contributed by atoms with Crippen molar-refractivity contribution in [1.29, 1.82) is 0 Å². The first kappa shape index (κ1) is 21.0. The van der Waals surface area contributed by atoms with Crippen molar-refractivity contribution in [2.45, 2.75) is 32.9 Å². The Balaban J connectivity index is 1.71. The molecule has 0 saturated carbocycles. The number of fused-ring (bicyclic) bond motifs is 1. The predicted molar refractivity (Wildman–Crippen MR) is 118 cm³/mol. The van der Waals surface area contributed by atoms with E-state index < -0.39 is 11.6 Å². The van der Waals surface area contributed by atoms with E-state index in [0.717, 1.165) is 18.8 Å². The highest BCUT2D eigenvalue weighted by Gasteiger charge is 2.23. The van der Waals surface area contributed by atoms with E-state index >= 15 is 4.39 Å². The van der Waals surface area contributed by atoms with Crippen LogP contribution in [0.5, 0.6) is 0 Å². The molecule has 4 rings (SSSR count). The summed E-state index contributed by atoms with van der Waals surface area (Å²) in [7, 11) is 1.70. The van der Waals surface area contributed by atoms with Crippen LogP contribution in [0.1, 0.15) is 25.2 Å². The number of benzene rings is 1. The molecule has 2 aromatic heterocycles. The molecule has 1 aromatic carbocycles. The fraction of sp³-hybridized carbons (Fsp3) is 0.381. The summed E-state index contributed by atoms with van der Waals surface area (Å²) in [6.07, 6.45) is 1.50. The largest absolute Gasteiger partial charge is 0.387 e. The van der Waals surface area contributed by atoms with Crippen molar-refractivity contribution in [2.75, 3.05) is 30.4 Å². The van der Waals surface area contributed by atoms with Crippen molar-refractivity contribution in [1.82, 2.24) is 19.9 Å². The maximum Gasteiger partial charge on any atom is 0.191 e. The van der Waals surface area contributed by atoms with Gasteiger partial charge < -0.3 is 21.3 Å². The standard InChI is InChI=1S/C21H26F2N8/c1-11-8-30(9-12(2)26-11)15-6-16(22)19(18(7-15)25-4)20(24)28-14-5-17(23)21-27-13(3)29-31(21)10-14/h5-7,10-12,25-26H,8-9H2,1-4H3,(H2,24,28). The van der Waals surface area contributed by atoms with Gasteiger partial charge in [0, 0.05) is 49.7 Å². The minimum atomic E-state index is -0.582. The molecule has 3 heterocycles. The minimum absolute atomic E-state index is 0.0639. The quantitative estimate of drug-likeness (QED) is 0.437. The predicted octanol–water partition coefficient (Wildman–Crippen LogP) is 2.58. The molecule has 3 aromatic rings. The summed E-state index contributed by atoms with van der Waals surface area (Å²) >= 11 is 0. The number of pyridine rings is 1. The molecule has 1 aliphatic heterocycles. The zero-order valence-electron chi connectivity index (χ0n) is 17.9. The number of halogens is 2. The third kappa shape index (κ3) is 4.15. The highest BCUT2D eigenvalue weighted by molar-refractivity contribution is 6.04. The summed E-state index contributed by atoms with van der Waals surface area (Å²) in [5, 5.41) is 10.6. The number of hydrogen-bond donors (Lipinski definition) is 3. The number of aromatic nitrogens is 3. The Kier molecular flexibility index (Phi) is 5.48. The highest BCUT2D eigenvalue weighted by Crippen LogP contribution is 2.29. The number of piperazine rings is 1. The fourth-order valence-corrected chi connectivity index (χ4v) is 4.07. The molecular formula is C21H26F2N8. The second kappa shape index (κ2) is 8.10. The number of rotatable bonds is 4. The van der Waals surface area contributed by atoms with Crippen LogP contribution < -0.4 is 21.3 Å². The molecule has 0 aliphatic carbocycles. The van der Waals surface area contributed by atoms with E-state index in [2.05, 4.69) is 44.5 Å². The lowest BCUT2D eigenvalue weighted by atomic mass is 10.1. The summed E-state index contributed by atoms with van der Waals surface area (Å²) in [5.74, 6) is -0.712. The molecule has 31 heavy (non-hydrogen) atoms. The zero-order chi connectivity index (χ0) is 22.3. The van der Waals surface area contributed by atoms with Gasteiger partial charge in [0.2, 0.25) is 0 Å². The van der Waals surface area contributed by atoms with Crippen LogP contribution in [0.3, 0.4) is 0 Å². The van der Waals surface area contributed by atoms with Gasteiger partial charge >= 0.3 is 0 Å². The summed E-state index contributed by atoms with van der Waals surface area (Å²) in [6, 6.07) is 5.11. The number of nitrogens with one attached hydrogen (secondary N) is 2. The summed E-state index contributed by atoms with van der Waals surface area (Å²) < 4.78 is 30.8. The number of aliphatic imine (C=N–C) groups is 1. The van der Waals surface area contributed by atoms with Crippen LogP contribution in [-0.2, 0) is 0 Å². The van der Waals surface area contributed by atoms with E-state index in [-0.39, 0.29) is 22.7 Å². The lowest BCUT2D eigenvalue weighted by molar-refractivity contribution is 0.406. The molecule has 0 bridgehead atoms. The van der Waals surface area contributed by atoms with Crippen molar-refractivity contribution in [3.63, 3.8) is 0 Å². The lowest BCUT2D eigenvalue weighted by Crippen LogP contribution is -2.54. The zero-order valence-corrected chi connectivity index (χ0v) is 17.9. The first-order valence-electron chi connectivity index (χ1n) is 10.1. The van der Waals surface area contributed by atoms with Crippen LogP contribution in [0, 0.1) is 18.6 Å². The van der Waals surface area contributed by atoms with E-state index in [1.165, 1.54) is 22.8 Å². The van der Waals surface area contributed by atoms with Crippen LogP contribution in [0.25, 0.3) is 5.65 Å². The van der Waals surface area contributed by atoms with Crippen LogP contribution in [0.4, 0.5) is 25.8 Å². The van der Waals surface area contributed by atoms with Gasteiger partial charge in [-0.3, -0.25) is 0 Å². The average Bonchev–Trinajstić information content (AvgIpc) is 3.07. The van der Waals surface area contributed by atoms with Gasteiger partial charge in [-0.1, -0.05) is 0 Å². The number of nitrogens with zero attached hydrogens (tertiary/aromatic N) is 5. The fourth-order valence-electron chi connectivity index (χ4n) is 4.07. The normalized spacial score (nSPS) is 19.8. The molecule has 1 saturated heterocycles. The Labute approximate surface area is 179 Å². The SMILES string of the molecule is CNc1cc(N2CC(C)NC(C)C2)cc(F)c1C(N)=Nc1cc(F)c2nc(C)nn2c1. The van der Waals surface area contributed by atoms with Gasteiger partial charge in [-0.15, -0.1) is 0 Å². The van der Waals surface area contributed by atoms with Gasteiger partial charge in [-0.2, -0.15) is 5.10 Å². The Hall–Kier alpha value is -3.27. The van der Waals surface area contributed by atoms with Crippen molar-refractivity contribution in [3.05, 3.63) is 47.4 Å². The van der Waals surface area contributed by atoms with Crippen molar-refractivity contribution in [2.24, 2.45) is 10.7 Å². The molecular weight excluding hydrogens is 402 g/mol. The van der Waals surface area contributed by atoms with E-state index in [1.807, 2.05) is 6.07 Å². The molecule has 10 heteroatoms.